The molecule has 0 bridgehead atoms. The molecule has 6 nitrogen and oxygen atoms in total. The van der Waals surface area contributed by atoms with Crippen LogP contribution in [0.1, 0.15) is 43.9 Å². The first-order chi connectivity index (χ1) is 14.1. The molecular weight excluding hydrogens is 364 g/mol. The Bertz CT molecular complexity index is 778. The number of guanidine groups is 1. The van der Waals surface area contributed by atoms with E-state index in [0.717, 1.165) is 56.3 Å². The molecule has 6 heteroatoms. The molecule has 0 unspecified atom stereocenters. The van der Waals surface area contributed by atoms with E-state index in [0.29, 0.717) is 11.3 Å². The summed E-state index contributed by atoms with van der Waals surface area (Å²) in [6, 6.07) is 8.22. The highest BCUT2D eigenvalue weighted by molar-refractivity contribution is 5.79. The van der Waals surface area contributed by atoms with Crippen molar-refractivity contribution in [2.75, 3.05) is 33.4 Å². The van der Waals surface area contributed by atoms with Gasteiger partial charge in [0, 0.05) is 45.3 Å². The third-order valence-corrected chi connectivity index (χ3v) is 5.69. The number of methoxy groups -OCH3 is 1. The van der Waals surface area contributed by atoms with Crippen LogP contribution in [0.4, 0.5) is 0 Å². The van der Waals surface area contributed by atoms with E-state index >= 15 is 0 Å². The number of hydrogen-bond donors (Lipinski definition) is 2. The summed E-state index contributed by atoms with van der Waals surface area (Å²) >= 11 is 0. The van der Waals surface area contributed by atoms with Gasteiger partial charge < -0.3 is 19.8 Å². The van der Waals surface area contributed by atoms with Crippen LogP contribution in [0.15, 0.2) is 39.9 Å². The van der Waals surface area contributed by atoms with Gasteiger partial charge in [0.2, 0.25) is 5.89 Å². The quantitative estimate of drug-likeness (QED) is 0.468. The first-order valence-corrected chi connectivity index (χ1v) is 10.7. The Labute approximate surface area is 174 Å². The first kappa shape index (κ1) is 21.4. The van der Waals surface area contributed by atoms with Crippen molar-refractivity contribution in [1.82, 2.24) is 15.6 Å². The van der Waals surface area contributed by atoms with E-state index in [1.165, 1.54) is 24.8 Å². The Kier molecular flexibility index (Phi) is 7.69. The van der Waals surface area contributed by atoms with Gasteiger partial charge in [0.05, 0.1) is 5.69 Å². The number of hydrogen-bond acceptors (Lipinski definition) is 4. The minimum absolute atomic E-state index is 0.327. The third kappa shape index (κ3) is 6.07. The van der Waals surface area contributed by atoms with E-state index in [1.54, 1.807) is 13.4 Å². The minimum Gasteiger partial charge on any atom is -0.444 e. The fraction of sp³-hybridized carbons (Fsp3) is 0.565. The maximum Gasteiger partial charge on any atom is 0.226 e. The zero-order chi connectivity index (χ0) is 20.5. The van der Waals surface area contributed by atoms with Crippen molar-refractivity contribution >= 4 is 5.96 Å². The summed E-state index contributed by atoms with van der Waals surface area (Å²) in [5, 5.41) is 6.77. The largest absolute Gasteiger partial charge is 0.444 e. The molecule has 1 heterocycles. The summed E-state index contributed by atoms with van der Waals surface area (Å²) in [5.74, 6) is 1.55. The number of aromatic nitrogens is 1. The van der Waals surface area contributed by atoms with Gasteiger partial charge in [-0.25, -0.2) is 4.98 Å². The smallest absolute Gasteiger partial charge is 0.226 e. The van der Waals surface area contributed by atoms with Crippen molar-refractivity contribution in [3.05, 3.63) is 41.8 Å². The SMILES string of the molecule is CCNC(=NCC1(CCOC)CCC1)NCCc1coc(-c2ccc(C)cc2)n1. The van der Waals surface area contributed by atoms with Crippen LogP contribution in [0.3, 0.4) is 0 Å². The number of aryl methyl sites for hydroxylation is 1. The zero-order valence-corrected chi connectivity index (χ0v) is 18.0. The molecule has 0 atom stereocenters. The van der Waals surface area contributed by atoms with Gasteiger partial charge in [0.1, 0.15) is 6.26 Å². The maximum atomic E-state index is 5.65. The number of nitrogens with zero attached hydrogens (tertiary/aromatic N) is 2. The first-order valence-electron chi connectivity index (χ1n) is 10.7. The molecule has 2 aromatic rings. The Hall–Kier alpha value is -2.34. The zero-order valence-electron chi connectivity index (χ0n) is 18.0. The molecule has 29 heavy (non-hydrogen) atoms. The van der Waals surface area contributed by atoms with Gasteiger partial charge in [-0.2, -0.15) is 0 Å². The van der Waals surface area contributed by atoms with E-state index in [-0.39, 0.29) is 0 Å². The normalized spacial score (nSPS) is 15.8. The topological polar surface area (TPSA) is 71.7 Å². The van der Waals surface area contributed by atoms with Crippen molar-refractivity contribution in [3.8, 4) is 11.5 Å². The Morgan fingerprint density at radius 2 is 2.03 bits per heavy atom. The number of benzene rings is 1. The highest BCUT2D eigenvalue weighted by Gasteiger charge is 2.36. The second-order valence-corrected chi connectivity index (χ2v) is 7.98. The van der Waals surface area contributed by atoms with Crippen LogP contribution in [0.25, 0.3) is 11.5 Å². The highest BCUT2D eigenvalue weighted by Crippen LogP contribution is 2.44. The molecule has 1 aromatic heterocycles. The molecule has 0 spiro atoms. The predicted octanol–water partition coefficient (Wildman–Crippen LogP) is 3.95. The van der Waals surface area contributed by atoms with Crippen molar-refractivity contribution in [3.63, 3.8) is 0 Å². The van der Waals surface area contributed by atoms with Crippen LogP contribution in [-0.4, -0.2) is 44.3 Å². The summed E-state index contributed by atoms with van der Waals surface area (Å²) < 4.78 is 10.9. The molecule has 0 saturated heterocycles. The second kappa shape index (κ2) is 10.4. The number of aliphatic imine (C=N–C) groups is 1. The molecule has 1 aliphatic rings. The van der Waals surface area contributed by atoms with E-state index < -0.39 is 0 Å². The summed E-state index contributed by atoms with van der Waals surface area (Å²) in [6.45, 7) is 7.44. The molecule has 2 N–H and O–H groups in total. The lowest BCUT2D eigenvalue weighted by atomic mass is 9.67. The standard InChI is InChI=1S/C23H34N4O2/c1-4-24-22(26-17-23(11-5-12-23)13-15-28-3)25-14-10-20-16-29-21(27-20)19-8-6-18(2)7-9-19/h6-9,16H,4-5,10-15,17H2,1-3H3,(H2,24,25,26). The van der Waals surface area contributed by atoms with Crippen molar-refractivity contribution in [1.29, 1.82) is 0 Å². The highest BCUT2D eigenvalue weighted by atomic mass is 16.5. The Balaban J connectivity index is 1.51. The van der Waals surface area contributed by atoms with Crippen LogP contribution in [0.5, 0.6) is 0 Å². The van der Waals surface area contributed by atoms with Gasteiger partial charge in [-0.05, 0) is 50.7 Å². The van der Waals surface area contributed by atoms with Crippen molar-refractivity contribution in [2.24, 2.45) is 10.4 Å². The average Bonchev–Trinajstić information content (AvgIpc) is 3.16. The molecule has 0 aliphatic heterocycles. The Morgan fingerprint density at radius 1 is 1.24 bits per heavy atom. The summed E-state index contributed by atoms with van der Waals surface area (Å²) in [5.41, 5.74) is 3.50. The van der Waals surface area contributed by atoms with Crippen LogP contribution < -0.4 is 10.6 Å². The van der Waals surface area contributed by atoms with Crippen LogP contribution in [0, 0.1) is 12.3 Å². The molecule has 1 fully saturated rings. The number of oxazole rings is 1. The number of rotatable bonds is 10. The van der Waals surface area contributed by atoms with E-state index in [4.69, 9.17) is 14.1 Å². The summed E-state index contributed by atoms with van der Waals surface area (Å²) in [4.78, 5) is 9.46. The number of nitrogens with one attached hydrogen (secondary N) is 2. The summed E-state index contributed by atoms with van der Waals surface area (Å²) in [7, 11) is 1.77. The van der Waals surface area contributed by atoms with Crippen molar-refractivity contribution in [2.45, 2.75) is 46.0 Å². The fourth-order valence-corrected chi connectivity index (χ4v) is 3.63. The van der Waals surface area contributed by atoms with Gasteiger partial charge in [-0.15, -0.1) is 0 Å². The molecule has 158 valence electrons. The molecule has 1 aliphatic carbocycles. The van der Waals surface area contributed by atoms with E-state index in [2.05, 4.69) is 41.6 Å². The lowest BCUT2D eigenvalue weighted by Crippen LogP contribution is -2.41. The fourth-order valence-electron chi connectivity index (χ4n) is 3.63. The number of ether oxygens (including phenoxy) is 1. The molecule has 3 rings (SSSR count). The molecule has 1 aromatic carbocycles. The van der Waals surface area contributed by atoms with Gasteiger partial charge in [0.15, 0.2) is 5.96 Å². The van der Waals surface area contributed by atoms with Crippen LogP contribution in [-0.2, 0) is 11.2 Å². The second-order valence-electron chi connectivity index (χ2n) is 7.98. The third-order valence-electron chi connectivity index (χ3n) is 5.69. The summed E-state index contributed by atoms with van der Waals surface area (Å²) in [6.07, 6.45) is 7.43. The van der Waals surface area contributed by atoms with Gasteiger partial charge in [-0.3, -0.25) is 4.99 Å². The van der Waals surface area contributed by atoms with Crippen molar-refractivity contribution < 1.29 is 9.15 Å². The molecule has 0 amide bonds. The van der Waals surface area contributed by atoms with Crippen LogP contribution in [0.2, 0.25) is 0 Å². The van der Waals surface area contributed by atoms with Gasteiger partial charge in [0.25, 0.3) is 0 Å². The monoisotopic (exact) mass is 398 g/mol. The van der Waals surface area contributed by atoms with Crippen LogP contribution >= 0.6 is 0 Å². The predicted molar refractivity (Wildman–Crippen MR) is 117 cm³/mol. The lowest BCUT2D eigenvalue weighted by molar-refractivity contribution is 0.0778. The molecular formula is C23H34N4O2. The molecule has 1 saturated carbocycles. The van der Waals surface area contributed by atoms with Gasteiger partial charge >= 0.3 is 0 Å². The average molecular weight is 399 g/mol. The maximum absolute atomic E-state index is 5.65. The van der Waals surface area contributed by atoms with E-state index in [9.17, 15) is 0 Å². The van der Waals surface area contributed by atoms with Gasteiger partial charge in [-0.1, -0.05) is 24.1 Å². The minimum atomic E-state index is 0.327. The lowest BCUT2D eigenvalue weighted by Gasteiger charge is -2.40. The Morgan fingerprint density at radius 3 is 2.69 bits per heavy atom. The van der Waals surface area contributed by atoms with E-state index in [1.807, 2.05) is 12.1 Å². The molecule has 0 radical (unpaired) electrons.